The Kier molecular flexibility index (Phi) is 5.00. The lowest BCUT2D eigenvalue weighted by molar-refractivity contribution is -0.118. The number of hydrogen-bond donors (Lipinski definition) is 2. The second-order valence-electron chi connectivity index (χ2n) is 6.75. The molecule has 0 bridgehead atoms. The van der Waals surface area contributed by atoms with Crippen LogP contribution in [0.4, 0.5) is 5.69 Å². The van der Waals surface area contributed by atoms with E-state index in [9.17, 15) is 4.79 Å². The fourth-order valence-corrected chi connectivity index (χ4v) is 3.44. The number of likely N-dealkylation sites (tertiary alicyclic amines) is 1. The molecule has 1 aliphatic heterocycles. The van der Waals surface area contributed by atoms with Gasteiger partial charge in [0.05, 0.1) is 23.6 Å². The van der Waals surface area contributed by atoms with E-state index in [0.29, 0.717) is 12.6 Å². The number of aromatic nitrogens is 2. The van der Waals surface area contributed by atoms with Gasteiger partial charge in [-0.1, -0.05) is 36.2 Å². The van der Waals surface area contributed by atoms with Gasteiger partial charge in [0.2, 0.25) is 5.91 Å². The van der Waals surface area contributed by atoms with Gasteiger partial charge >= 0.3 is 0 Å². The van der Waals surface area contributed by atoms with Crippen LogP contribution in [0.15, 0.2) is 24.3 Å². The van der Waals surface area contributed by atoms with Crippen molar-refractivity contribution in [1.29, 1.82) is 0 Å². The Hall–Kier alpha value is -2.14. The van der Waals surface area contributed by atoms with Gasteiger partial charge in [0.15, 0.2) is 0 Å². The zero-order chi connectivity index (χ0) is 17.1. The van der Waals surface area contributed by atoms with Crippen molar-refractivity contribution >= 4 is 11.6 Å². The highest BCUT2D eigenvalue weighted by Gasteiger charge is 2.26. The van der Waals surface area contributed by atoms with Crippen LogP contribution >= 0.6 is 0 Å². The lowest BCUT2D eigenvalue weighted by Gasteiger charge is -2.35. The number of anilines is 1. The number of carbonyl (C=O) groups is 1. The van der Waals surface area contributed by atoms with Crippen LogP contribution in [0.5, 0.6) is 0 Å². The maximum atomic E-state index is 12.5. The maximum absolute atomic E-state index is 12.5. The highest BCUT2D eigenvalue weighted by Crippen LogP contribution is 2.30. The third-order valence-corrected chi connectivity index (χ3v) is 4.82. The highest BCUT2D eigenvalue weighted by molar-refractivity contribution is 5.93. The summed E-state index contributed by atoms with van der Waals surface area (Å²) >= 11 is 0. The Morgan fingerprint density at radius 3 is 2.67 bits per heavy atom. The molecular formula is C19H26N4O. The van der Waals surface area contributed by atoms with E-state index in [1.807, 2.05) is 13.8 Å². The first-order valence-electron chi connectivity index (χ1n) is 8.66. The molecule has 128 valence electrons. The minimum atomic E-state index is 0.0293. The fourth-order valence-electron chi connectivity index (χ4n) is 3.44. The average Bonchev–Trinajstić information content (AvgIpc) is 2.88. The number of nitrogens with one attached hydrogen (secondary N) is 2. The zero-order valence-corrected chi connectivity index (χ0v) is 14.7. The third kappa shape index (κ3) is 3.67. The number of amides is 1. The van der Waals surface area contributed by atoms with Crippen molar-refractivity contribution in [2.75, 3.05) is 18.4 Å². The van der Waals surface area contributed by atoms with Crippen molar-refractivity contribution < 1.29 is 4.79 Å². The number of aryl methyl sites for hydroxylation is 3. The number of rotatable bonds is 4. The van der Waals surface area contributed by atoms with Gasteiger partial charge in [0.1, 0.15) is 0 Å². The minimum absolute atomic E-state index is 0.0293. The molecule has 0 aliphatic carbocycles. The van der Waals surface area contributed by atoms with Gasteiger partial charge in [0.25, 0.3) is 0 Å². The first kappa shape index (κ1) is 16.7. The van der Waals surface area contributed by atoms with Crippen molar-refractivity contribution in [3.8, 4) is 0 Å². The molecule has 24 heavy (non-hydrogen) atoms. The SMILES string of the molecule is Cc1ccc([C@H]2CCCCN2CC(=O)Nc2c(C)n[nH]c2C)cc1. The Labute approximate surface area is 143 Å². The molecule has 1 fully saturated rings. The number of aromatic amines is 1. The molecule has 1 aromatic carbocycles. The quantitative estimate of drug-likeness (QED) is 0.904. The minimum Gasteiger partial charge on any atom is -0.322 e. The molecule has 0 spiro atoms. The fraction of sp³-hybridized carbons (Fsp3) is 0.474. The number of H-pyrrole nitrogens is 1. The van der Waals surface area contributed by atoms with Crippen molar-refractivity contribution in [3.05, 3.63) is 46.8 Å². The molecule has 3 rings (SSSR count). The molecule has 0 unspecified atom stereocenters. The van der Waals surface area contributed by atoms with E-state index >= 15 is 0 Å². The Morgan fingerprint density at radius 1 is 1.25 bits per heavy atom. The molecule has 1 aromatic heterocycles. The van der Waals surface area contributed by atoms with Crippen LogP contribution in [0.3, 0.4) is 0 Å². The summed E-state index contributed by atoms with van der Waals surface area (Å²) in [5.74, 6) is 0.0293. The zero-order valence-electron chi connectivity index (χ0n) is 14.7. The van der Waals surface area contributed by atoms with Crippen LogP contribution in [0, 0.1) is 20.8 Å². The molecule has 0 saturated carbocycles. The second kappa shape index (κ2) is 7.18. The van der Waals surface area contributed by atoms with E-state index in [4.69, 9.17) is 0 Å². The summed E-state index contributed by atoms with van der Waals surface area (Å²) in [4.78, 5) is 14.8. The topological polar surface area (TPSA) is 61.0 Å². The Bertz CT molecular complexity index is 685. The number of carbonyl (C=O) groups excluding carboxylic acids is 1. The molecule has 1 saturated heterocycles. The van der Waals surface area contributed by atoms with Crippen LogP contribution in [-0.4, -0.2) is 34.1 Å². The molecule has 0 radical (unpaired) electrons. The standard InChI is InChI=1S/C19H26N4O/c1-13-7-9-16(10-8-13)17-6-4-5-11-23(17)12-18(24)20-19-14(2)21-22-15(19)3/h7-10,17H,4-6,11-12H2,1-3H3,(H,20,24)(H,21,22)/t17-/m1/s1. The Morgan fingerprint density at radius 2 is 2.00 bits per heavy atom. The monoisotopic (exact) mass is 326 g/mol. The van der Waals surface area contributed by atoms with Crippen LogP contribution in [0.1, 0.15) is 47.8 Å². The van der Waals surface area contributed by atoms with Crippen LogP contribution in [0.25, 0.3) is 0 Å². The number of benzene rings is 1. The van der Waals surface area contributed by atoms with Crippen molar-refractivity contribution in [1.82, 2.24) is 15.1 Å². The number of hydrogen-bond acceptors (Lipinski definition) is 3. The van der Waals surface area contributed by atoms with E-state index in [0.717, 1.165) is 36.5 Å². The van der Waals surface area contributed by atoms with Crippen LogP contribution in [0.2, 0.25) is 0 Å². The van der Waals surface area contributed by atoms with Gasteiger partial charge in [-0.05, 0) is 45.7 Å². The van der Waals surface area contributed by atoms with Gasteiger partial charge in [-0.3, -0.25) is 14.8 Å². The van der Waals surface area contributed by atoms with Gasteiger partial charge in [0, 0.05) is 6.04 Å². The molecule has 2 N–H and O–H groups in total. The van der Waals surface area contributed by atoms with Crippen molar-refractivity contribution in [3.63, 3.8) is 0 Å². The van der Waals surface area contributed by atoms with E-state index in [1.54, 1.807) is 0 Å². The average molecular weight is 326 g/mol. The first-order valence-corrected chi connectivity index (χ1v) is 8.66. The molecule has 2 heterocycles. The lowest BCUT2D eigenvalue weighted by atomic mass is 9.94. The lowest BCUT2D eigenvalue weighted by Crippen LogP contribution is -2.39. The van der Waals surface area contributed by atoms with E-state index in [2.05, 4.69) is 51.6 Å². The Balaban J connectivity index is 1.69. The normalized spacial score (nSPS) is 18.5. The van der Waals surface area contributed by atoms with Gasteiger partial charge in [-0.15, -0.1) is 0 Å². The summed E-state index contributed by atoms with van der Waals surface area (Å²) in [6.07, 6.45) is 3.48. The maximum Gasteiger partial charge on any atom is 0.238 e. The van der Waals surface area contributed by atoms with E-state index in [-0.39, 0.29) is 5.91 Å². The van der Waals surface area contributed by atoms with Crippen molar-refractivity contribution in [2.24, 2.45) is 0 Å². The first-order chi connectivity index (χ1) is 11.5. The number of nitrogens with zero attached hydrogens (tertiary/aromatic N) is 2. The summed E-state index contributed by atoms with van der Waals surface area (Å²) in [6, 6.07) is 9.03. The van der Waals surface area contributed by atoms with E-state index < -0.39 is 0 Å². The van der Waals surface area contributed by atoms with Gasteiger partial charge in [-0.2, -0.15) is 5.10 Å². The molecule has 1 amide bonds. The molecule has 1 aliphatic rings. The molecule has 1 atom stereocenters. The third-order valence-electron chi connectivity index (χ3n) is 4.82. The van der Waals surface area contributed by atoms with Gasteiger partial charge < -0.3 is 5.32 Å². The smallest absolute Gasteiger partial charge is 0.238 e. The molecular weight excluding hydrogens is 300 g/mol. The summed E-state index contributed by atoms with van der Waals surface area (Å²) in [7, 11) is 0. The largest absolute Gasteiger partial charge is 0.322 e. The van der Waals surface area contributed by atoms with E-state index in [1.165, 1.54) is 17.5 Å². The van der Waals surface area contributed by atoms with Crippen molar-refractivity contribution in [2.45, 2.75) is 46.1 Å². The summed E-state index contributed by atoms with van der Waals surface area (Å²) in [6.45, 7) is 7.31. The summed E-state index contributed by atoms with van der Waals surface area (Å²) in [5.41, 5.74) is 5.11. The van der Waals surface area contributed by atoms with Crippen LogP contribution < -0.4 is 5.32 Å². The molecule has 5 nitrogen and oxygen atoms in total. The molecule has 5 heteroatoms. The predicted molar refractivity (Wildman–Crippen MR) is 96.0 cm³/mol. The summed E-state index contributed by atoms with van der Waals surface area (Å²) in [5, 5.41) is 10.1. The van der Waals surface area contributed by atoms with Crippen LogP contribution in [-0.2, 0) is 4.79 Å². The predicted octanol–water partition coefficient (Wildman–Crippen LogP) is 3.50. The second-order valence-corrected chi connectivity index (χ2v) is 6.75. The number of piperidine rings is 1. The molecule has 2 aromatic rings. The highest BCUT2D eigenvalue weighted by atomic mass is 16.2. The van der Waals surface area contributed by atoms with Gasteiger partial charge in [-0.25, -0.2) is 0 Å². The summed E-state index contributed by atoms with van der Waals surface area (Å²) < 4.78 is 0.